The topological polar surface area (TPSA) is 108 Å². The highest BCUT2D eigenvalue weighted by Crippen LogP contribution is 2.52. The van der Waals surface area contributed by atoms with Crippen LogP contribution in [0.15, 0.2) is 23.5 Å². The Labute approximate surface area is 220 Å². The predicted octanol–water partition coefficient (Wildman–Crippen LogP) is 5.03. The summed E-state index contributed by atoms with van der Waals surface area (Å²) in [6.07, 6.45) is 8.02. The average molecular weight is 509 g/mol. The van der Waals surface area contributed by atoms with Gasteiger partial charge in [-0.25, -0.2) is 9.97 Å². The number of hydrogen-bond donors (Lipinski definition) is 2. The molecule has 3 N–H and O–H groups in total. The molecule has 2 atom stereocenters. The number of anilines is 1. The van der Waals surface area contributed by atoms with Gasteiger partial charge in [0.15, 0.2) is 0 Å². The van der Waals surface area contributed by atoms with Crippen LogP contribution in [0.3, 0.4) is 0 Å². The van der Waals surface area contributed by atoms with Crippen LogP contribution in [-0.4, -0.2) is 41.4 Å². The molecule has 0 aromatic carbocycles. The first-order valence-electron chi connectivity index (χ1n) is 13.3. The smallest absolute Gasteiger partial charge is 0.226 e. The number of rotatable bonds is 3. The molecule has 2 aromatic rings. The van der Waals surface area contributed by atoms with E-state index in [0.29, 0.717) is 29.3 Å². The van der Waals surface area contributed by atoms with E-state index in [1.165, 1.54) is 4.88 Å². The zero-order valence-electron chi connectivity index (χ0n) is 22.0. The van der Waals surface area contributed by atoms with Crippen LogP contribution in [-0.2, 0) is 11.8 Å². The highest BCUT2D eigenvalue weighted by molar-refractivity contribution is 7.12. The molecule has 0 unspecified atom stereocenters. The number of nitriles is 1. The largest absolute Gasteiger partial charge is 0.401 e. The third-order valence-electron chi connectivity index (χ3n) is 7.76. The van der Waals surface area contributed by atoms with Gasteiger partial charge in [-0.05, 0) is 77.0 Å². The van der Waals surface area contributed by atoms with Crippen molar-refractivity contribution in [3.8, 4) is 6.07 Å². The number of thiophene rings is 1. The molecule has 7 nitrogen and oxygen atoms in total. The number of allylic oxidation sites excluding steroid dienone is 2. The van der Waals surface area contributed by atoms with Crippen molar-refractivity contribution >= 4 is 23.1 Å². The Bertz CT molecular complexity index is 1200. The summed E-state index contributed by atoms with van der Waals surface area (Å²) in [5, 5.41) is 13.4. The van der Waals surface area contributed by atoms with Crippen LogP contribution in [0, 0.1) is 18.3 Å². The zero-order valence-corrected chi connectivity index (χ0v) is 22.8. The van der Waals surface area contributed by atoms with Gasteiger partial charge in [-0.15, -0.1) is 11.3 Å². The Morgan fingerprint density at radius 1 is 1.31 bits per heavy atom. The molecule has 0 radical (unpaired) electrons. The molecule has 194 valence electrons. The molecule has 2 aliphatic carbocycles. The van der Waals surface area contributed by atoms with Crippen LogP contribution >= 0.6 is 11.3 Å². The van der Waals surface area contributed by atoms with Crippen LogP contribution in [0.2, 0.25) is 0 Å². The SMILES string of the molecule is CC.Cc1sc2c(c1C#N)[C@]1(CCCC(C(=O)c3ccnc(N4CCCNC[C@@H]4C)n3)=C1N)CCC2.[HH]. The number of aromatic nitrogens is 2. The zero-order chi connectivity index (χ0) is 25.9. The maximum absolute atomic E-state index is 13.8. The van der Waals surface area contributed by atoms with Crippen LogP contribution in [0.4, 0.5) is 5.95 Å². The minimum Gasteiger partial charge on any atom is -0.401 e. The molecule has 0 bridgehead atoms. The van der Waals surface area contributed by atoms with Gasteiger partial charge in [-0.2, -0.15) is 5.26 Å². The summed E-state index contributed by atoms with van der Waals surface area (Å²) in [6.45, 7) is 10.9. The fourth-order valence-electron chi connectivity index (χ4n) is 6.06. The Kier molecular flexibility index (Phi) is 8.11. The normalized spacial score (nSPS) is 23.9. The van der Waals surface area contributed by atoms with Crippen molar-refractivity contribution in [2.45, 2.75) is 84.1 Å². The van der Waals surface area contributed by atoms with Crippen molar-refractivity contribution in [1.82, 2.24) is 15.3 Å². The minimum absolute atomic E-state index is 0. The van der Waals surface area contributed by atoms with Gasteiger partial charge in [0.1, 0.15) is 11.8 Å². The van der Waals surface area contributed by atoms with Crippen LogP contribution in [0.5, 0.6) is 0 Å². The van der Waals surface area contributed by atoms with E-state index < -0.39 is 5.41 Å². The van der Waals surface area contributed by atoms with Crippen LogP contribution in [0.1, 0.15) is 92.1 Å². The first kappa shape index (κ1) is 26.3. The first-order chi connectivity index (χ1) is 17.5. The summed E-state index contributed by atoms with van der Waals surface area (Å²) < 4.78 is 0. The van der Waals surface area contributed by atoms with Gasteiger partial charge in [0.05, 0.1) is 5.56 Å². The van der Waals surface area contributed by atoms with E-state index in [-0.39, 0.29) is 13.3 Å². The Morgan fingerprint density at radius 2 is 2.06 bits per heavy atom. The first-order valence-corrected chi connectivity index (χ1v) is 14.1. The van der Waals surface area contributed by atoms with E-state index in [2.05, 4.69) is 28.2 Å². The van der Waals surface area contributed by atoms with E-state index >= 15 is 0 Å². The number of hydrogen-bond acceptors (Lipinski definition) is 8. The van der Waals surface area contributed by atoms with Crippen molar-refractivity contribution in [3.05, 3.63) is 50.1 Å². The van der Waals surface area contributed by atoms with Crippen molar-refractivity contribution < 1.29 is 6.22 Å². The molecular weight excluding hydrogens is 468 g/mol. The Balaban J connectivity index is 0.00000124. The van der Waals surface area contributed by atoms with E-state index in [9.17, 15) is 10.1 Å². The van der Waals surface area contributed by atoms with Crippen LogP contribution < -0.4 is 16.0 Å². The van der Waals surface area contributed by atoms with Gasteiger partial charge in [-0.3, -0.25) is 4.79 Å². The van der Waals surface area contributed by atoms with Gasteiger partial charge < -0.3 is 16.0 Å². The highest BCUT2D eigenvalue weighted by Gasteiger charge is 2.46. The number of nitrogens with zero attached hydrogens (tertiary/aromatic N) is 4. The summed E-state index contributed by atoms with van der Waals surface area (Å²) in [5.41, 5.74) is 10.1. The fraction of sp³-hybridized carbons (Fsp3) is 0.571. The maximum atomic E-state index is 13.8. The molecule has 8 heteroatoms. The number of carbonyl (C=O) groups excluding carboxylic acids is 1. The molecule has 1 aliphatic heterocycles. The Hall–Kier alpha value is -2.76. The number of Topliss-reactive ketones (excluding diaryl/α,β-unsaturated/α-hetero) is 1. The van der Waals surface area contributed by atoms with E-state index in [1.54, 1.807) is 23.6 Å². The number of aryl methyl sites for hydroxylation is 2. The monoisotopic (exact) mass is 508 g/mol. The number of nitrogens with two attached hydrogens (primary N) is 1. The summed E-state index contributed by atoms with van der Waals surface area (Å²) in [7, 11) is 0. The van der Waals surface area contributed by atoms with Gasteiger partial charge in [-0.1, -0.05) is 13.8 Å². The third kappa shape index (κ3) is 4.55. The lowest BCUT2D eigenvalue weighted by Gasteiger charge is -2.42. The van der Waals surface area contributed by atoms with E-state index in [4.69, 9.17) is 10.7 Å². The highest BCUT2D eigenvalue weighted by atomic mass is 32.1. The predicted molar refractivity (Wildman–Crippen MR) is 148 cm³/mol. The molecule has 5 rings (SSSR count). The summed E-state index contributed by atoms with van der Waals surface area (Å²) >= 11 is 1.72. The second-order valence-corrected chi connectivity index (χ2v) is 11.1. The molecule has 0 saturated carbocycles. The minimum atomic E-state index is -0.409. The van der Waals surface area contributed by atoms with Gasteiger partial charge in [0.25, 0.3) is 0 Å². The van der Waals surface area contributed by atoms with E-state index in [0.717, 1.165) is 74.2 Å². The van der Waals surface area contributed by atoms with Gasteiger partial charge in [0, 0.05) is 53.2 Å². The summed E-state index contributed by atoms with van der Waals surface area (Å²) in [5.74, 6) is 0.505. The lowest BCUT2D eigenvalue weighted by Crippen LogP contribution is -2.41. The van der Waals surface area contributed by atoms with Gasteiger partial charge in [0.2, 0.25) is 11.7 Å². The number of carbonyl (C=O) groups is 1. The second kappa shape index (κ2) is 11.1. The number of nitrogens with one attached hydrogen (secondary N) is 1. The Morgan fingerprint density at radius 3 is 2.81 bits per heavy atom. The standard InChI is InChI=1S/C26H32N6OS.C2H6.H2/c1-16-15-29-11-5-13-32(16)25-30-12-8-20(31-25)23(33)18-6-3-9-26(24(18)28)10-4-7-21-22(26)19(14-27)17(2)34-21;1-2;/h8,12,16,29H,3-7,9-11,13,15,28H2,1-2H3;1-2H3;1H/t16-,26-;;/m0../s1. The maximum Gasteiger partial charge on any atom is 0.226 e. The quantitative estimate of drug-likeness (QED) is 0.560. The van der Waals surface area contributed by atoms with E-state index in [1.807, 2.05) is 20.8 Å². The third-order valence-corrected chi connectivity index (χ3v) is 8.92. The molecule has 3 heterocycles. The van der Waals surface area contributed by atoms with Crippen molar-refractivity contribution in [2.75, 3.05) is 24.5 Å². The lowest BCUT2D eigenvalue weighted by molar-refractivity contribution is 0.101. The lowest BCUT2D eigenvalue weighted by atomic mass is 9.62. The molecule has 0 amide bonds. The summed E-state index contributed by atoms with van der Waals surface area (Å²) in [6, 6.07) is 4.40. The molecular formula is C28H40N6OS. The van der Waals surface area contributed by atoms with Gasteiger partial charge >= 0.3 is 0 Å². The molecule has 3 aliphatic rings. The van der Waals surface area contributed by atoms with Crippen LogP contribution in [0.25, 0.3) is 0 Å². The molecule has 2 aromatic heterocycles. The summed E-state index contributed by atoms with van der Waals surface area (Å²) in [4.78, 5) is 27.5. The molecule has 1 spiro atoms. The molecule has 36 heavy (non-hydrogen) atoms. The van der Waals surface area contributed by atoms with Crippen molar-refractivity contribution in [3.63, 3.8) is 0 Å². The van der Waals surface area contributed by atoms with Crippen molar-refractivity contribution in [2.24, 2.45) is 5.73 Å². The molecule has 1 fully saturated rings. The fourth-order valence-corrected chi connectivity index (χ4v) is 7.32. The number of ketones is 1. The molecule has 1 saturated heterocycles. The average Bonchev–Trinajstić information content (AvgIpc) is 3.09. The number of fused-ring (bicyclic) bond motifs is 2. The second-order valence-electron chi connectivity index (χ2n) is 9.80. The van der Waals surface area contributed by atoms with Crippen molar-refractivity contribution in [1.29, 1.82) is 5.26 Å².